The maximum atomic E-state index is 12.6. The molecule has 0 aliphatic carbocycles. The Labute approximate surface area is 119 Å². The van der Waals surface area contributed by atoms with Crippen molar-refractivity contribution >= 4 is 23.2 Å². The second-order valence-corrected chi connectivity index (χ2v) is 4.80. The van der Waals surface area contributed by atoms with Gasteiger partial charge in [0, 0.05) is 18.3 Å². The number of hydrogen-bond acceptors (Lipinski definition) is 3. The van der Waals surface area contributed by atoms with E-state index in [4.69, 9.17) is 22.4 Å². The van der Waals surface area contributed by atoms with Gasteiger partial charge in [0.15, 0.2) is 0 Å². The van der Waals surface area contributed by atoms with E-state index in [9.17, 15) is 4.79 Å². The highest BCUT2D eigenvalue weighted by atomic mass is 35.5. The first-order chi connectivity index (χ1) is 9.06. The number of nitrogens with two attached hydrogens (primary N) is 1. The molecule has 0 bridgehead atoms. The fourth-order valence-electron chi connectivity index (χ4n) is 2.20. The van der Waals surface area contributed by atoms with Gasteiger partial charge in [-0.05, 0) is 25.0 Å². The van der Waals surface area contributed by atoms with Crippen molar-refractivity contribution in [1.29, 1.82) is 0 Å². The summed E-state index contributed by atoms with van der Waals surface area (Å²) in [6, 6.07) is 5.09. The maximum Gasteiger partial charge on any atom is 0.257 e. The van der Waals surface area contributed by atoms with Crippen molar-refractivity contribution in [2.75, 3.05) is 18.9 Å². The van der Waals surface area contributed by atoms with Crippen molar-refractivity contribution in [3.63, 3.8) is 0 Å². The van der Waals surface area contributed by atoms with Gasteiger partial charge in [0.2, 0.25) is 0 Å². The van der Waals surface area contributed by atoms with Crippen LogP contribution in [0.1, 0.15) is 37.0 Å². The molecule has 4 nitrogen and oxygen atoms in total. The van der Waals surface area contributed by atoms with Crippen molar-refractivity contribution in [2.24, 2.45) is 0 Å². The third kappa shape index (κ3) is 3.61. The normalized spacial score (nSPS) is 10.8. The van der Waals surface area contributed by atoms with Gasteiger partial charge >= 0.3 is 0 Å². The van der Waals surface area contributed by atoms with Crippen LogP contribution in [0.4, 0.5) is 5.69 Å². The number of benzene rings is 1. The molecule has 0 heterocycles. The van der Waals surface area contributed by atoms with Crippen molar-refractivity contribution in [3.05, 3.63) is 28.8 Å². The Morgan fingerprint density at radius 3 is 2.53 bits per heavy atom. The highest BCUT2D eigenvalue weighted by molar-refractivity contribution is 6.34. The molecular formula is C14H21ClN2O2. The minimum absolute atomic E-state index is 0.0768. The summed E-state index contributed by atoms with van der Waals surface area (Å²) in [5.41, 5.74) is 6.54. The summed E-state index contributed by atoms with van der Waals surface area (Å²) in [6.07, 6.45) is 1.65. The first-order valence-electron chi connectivity index (χ1n) is 6.52. The van der Waals surface area contributed by atoms with Gasteiger partial charge in [0.1, 0.15) is 0 Å². The maximum absolute atomic E-state index is 12.6. The molecule has 0 unspecified atom stereocenters. The number of hydrogen-bond donors (Lipinski definition) is 2. The molecule has 0 aromatic heterocycles. The molecule has 0 radical (unpaired) electrons. The minimum atomic E-state index is -0.217. The highest BCUT2D eigenvalue weighted by Crippen LogP contribution is 2.25. The van der Waals surface area contributed by atoms with Gasteiger partial charge < -0.3 is 15.7 Å². The van der Waals surface area contributed by atoms with Gasteiger partial charge in [0.25, 0.3) is 5.91 Å². The lowest BCUT2D eigenvalue weighted by Gasteiger charge is -2.30. The van der Waals surface area contributed by atoms with E-state index in [2.05, 4.69) is 0 Å². The van der Waals surface area contributed by atoms with Crippen molar-refractivity contribution in [2.45, 2.75) is 32.7 Å². The molecule has 106 valence electrons. The second kappa shape index (κ2) is 7.36. The number of nitrogens with zero attached hydrogens (tertiary/aromatic N) is 1. The molecule has 3 N–H and O–H groups in total. The van der Waals surface area contributed by atoms with Crippen LogP contribution in [0, 0.1) is 0 Å². The van der Waals surface area contributed by atoms with Crippen LogP contribution in [-0.4, -0.2) is 35.1 Å². The molecule has 0 aliphatic heterocycles. The topological polar surface area (TPSA) is 66.6 Å². The van der Waals surface area contributed by atoms with Crippen LogP contribution in [0.5, 0.6) is 0 Å². The molecule has 0 aliphatic rings. The smallest absolute Gasteiger partial charge is 0.257 e. The zero-order valence-electron chi connectivity index (χ0n) is 11.4. The molecule has 0 fully saturated rings. The Kier molecular flexibility index (Phi) is 6.12. The lowest BCUT2D eigenvalue weighted by Crippen LogP contribution is -2.42. The van der Waals surface area contributed by atoms with Gasteiger partial charge in [-0.15, -0.1) is 0 Å². The van der Waals surface area contributed by atoms with E-state index in [-0.39, 0.29) is 25.1 Å². The summed E-state index contributed by atoms with van der Waals surface area (Å²) in [5.74, 6) is -0.217. The second-order valence-electron chi connectivity index (χ2n) is 4.40. The SMILES string of the molecule is CCC(CC)N(CCO)C(=O)c1c(N)cccc1Cl. The largest absolute Gasteiger partial charge is 0.398 e. The third-order valence-electron chi connectivity index (χ3n) is 3.24. The van der Waals surface area contributed by atoms with Crippen molar-refractivity contribution < 1.29 is 9.90 Å². The summed E-state index contributed by atoms with van der Waals surface area (Å²) in [7, 11) is 0. The number of aliphatic hydroxyl groups is 1. The standard InChI is InChI=1S/C14H21ClN2O2/c1-3-10(4-2)17(8-9-18)14(19)13-11(15)6-5-7-12(13)16/h5-7,10,18H,3-4,8-9,16H2,1-2H3. The van der Waals surface area contributed by atoms with Crippen LogP contribution in [0.3, 0.4) is 0 Å². The molecule has 0 saturated carbocycles. The van der Waals surface area contributed by atoms with E-state index in [1.807, 2.05) is 13.8 Å². The predicted molar refractivity (Wildman–Crippen MR) is 78.4 cm³/mol. The van der Waals surface area contributed by atoms with Crippen LogP contribution < -0.4 is 5.73 Å². The summed E-state index contributed by atoms with van der Waals surface area (Å²) in [6.45, 7) is 4.24. The molecule has 19 heavy (non-hydrogen) atoms. The first-order valence-corrected chi connectivity index (χ1v) is 6.90. The number of nitrogen functional groups attached to an aromatic ring is 1. The summed E-state index contributed by atoms with van der Waals surface area (Å²) < 4.78 is 0. The molecule has 5 heteroatoms. The van der Waals surface area contributed by atoms with E-state index in [0.717, 1.165) is 12.8 Å². The summed E-state index contributed by atoms with van der Waals surface area (Å²) in [4.78, 5) is 14.2. The van der Waals surface area contributed by atoms with Gasteiger partial charge in [-0.2, -0.15) is 0 Å². The number of rotatable bonds is 6. The van der Waals surface area contributed by atoms with Gasteiger partial charge in [-0.3, -0.25) is 4.79 Å². The van der Waals surface area contributed by atoms with Crippen LogP contribution in [0.2, 0.25) is 5.02 Å². The lowest BCUT2D eigenvalue weighted by atomic mass is 10.1. The highest BCUT2D eigenvalue weighted by Gasteiger charge is 2.25. The monoisotopic (exact) mass is 284 g/mol. The van der Waals surface area contributed by atoms with E-state index >= 15 is 0 Å². The van der Waals surface area contributed by atoms with Gasteiger partial charge in [0.05, 0.1) is 17.2 Å². The van der Waals surface area contributed by atoms with E-state index in [1.54, 1.807) is 23.1 Å². The van der Waals surface area contributed by atoms with Crippen LogP contribution >= 0.6 is 11.6 Å². The fraction of sp³-hybridized carbons (Fsp3) is 0.500. The average molecular weight is 285 g/mol. The Balaban J connectivity index is 3.12. The zero-order chi connectivity index (χ0) is 14.4. The van der Waals surface area contributed by atoms with E-state index in [1.165, 1.54) is 0 Å². The fourth-order valence-corrected chi connectivity index (χ4v) is 2.46. The zero-order valence-corrected chi connectivity index (χ0v) is 12.2. The third-order valence-corrected chi connectivity index (χ3v) is 3.56. The first kappa shape index (κ1) is 15.8. The van der Waals surface area contributed by atoms with Crippen molar-refractivity contribution in [1.82, 2.24) is 4.90 Å². The van der Waals surface area contributed by atoms with E-state index < -0.39 is 0 Å². The molecule has 0 atom stereocenters. The lowest BCUT2D eigenvalue weighted by molar-refractivity contribution is 0.0623. The number of carbonyl (C=O) groups is 1. The molecule has 0 spiro atoms. The predicted octanol–water partition coefficient (Wildman–Crippen LogP) is 2.55. The number of anilines is 1. The number of halogens is 1. The number of amides is 1. The molecule has 1 rings (SSSR count). The Morgan fingerprint density at radius 2 is 2.05 bits per heavy atom. The van der Waals surface area contributed by atoms with Crippen LogP contribution in [-0.2, 0) is 0 Å². The molecule has 0 saturated heterocycles. The van der Waals surface area contributed by atoms with Gasteiger partial charge in [-0.25, -0.2) is 0 Å². The summed E-state index contributed by atoms with van der Waals surface area (Å²) in [5, 5.41) is 9.50. The molecule has 1 amide bonds. The van der Waals surface area contributed by atoms with E-state index in [0.29, 0.717) is 16.3 Å². The Bertz CT molecular complexity index is 413. The number of carbonyl (C=O) groups excluding carboxylic acids is 1. The van der Waals surface area contributed by atoms with Crippen LogP contribution in [0.25, 0.3) is 0 Å². The van der Waals surface area contributed by atoms with Crippen LogP contribution in [0.15, 0.2) is 18.2 Å². The average Bonchev–Trinajstić information content (AvgIpc) is 2.38. The Hall–Kier alpha value is -1.26. The molecule has 1 aromatic carbocycles. The molecule has 1 aromatic rings. The quantitative estimate of drug-likeness (QED) is 0.789. The number of aliphatic hydroxyl groups excluding tert-OH is 1. The Morgan fingerprint density at radius 1 is 1.42 bits per heavy atom. The molecular weight excluding hydrogens is 264 g/mol. The summed E-state index contributed by atoms with van der Waals surface area (Å²) >= 11 is 6.07. The van der Waals surface area contributed by atoms with Crippen molar-refractivity contribution in [3.8, 4) is 0 Å². The van der Waals surface area contributed by atoms with Gasteiger partial charge in [-0.1, -0.05) is 31.5 Å². The minimum Gasteiger partial charge on any atom is -0.398 e.